The van der Waals surface area contributed by atoms with Crippen LogP contribution >= 0.6 is 11.3 Å². The zero-order valence-electron chi connectivity index (χ0n) is 14.5. The molecule has 25 heavy (non-hydrogen) atoms. The van der Waals surface area contributed by atoms with Gasteiger partial charge in [0.2, 0.25) is 0 Å². The molecule has 0 saturated heterocycles. The number of carbonyl (C=O) groups excluding carboxylic acids is 1. The molecule has 1 aromatic heterocycles. The van der Waals surface area contributed by atoms with E-state index >= 15 is 0 Å². The molecule has 1 aromatic carbocycles. The first-order valence-corrected chi connectivity index (χ1v) is 10.1. The first-order valence-electron chi connectivity index (χ1n) is 7.96. The summed E-state index contributed by atoms with van der Waals surface area (Å²) in [5, 5.41) is 20.0. The Kier molecular flexibility index (Phi) is 6.67. The van der Waals surface area contributed by atoms with Crippen LogP contribution in [0.4, 0.5) is 0 Å². The van der Waals surface area contributed by atoms with E-state index in [1.54, 1.807) is 20.8 Å². The van der Waals surface area contributed by atoms with E-state index in [4.69, 9.17) is 4.74 Å². The van der Waals surface area contributed by atoms with E-state index in [-0.39, 0.29) is 18.6 Å². The molecule has 1 heterocycles. The quantitative estimate of drug-likeness (QED) is 0.710. The molecule has 0 fully saturated rings. The van der Waals surface area contributed by atoms with Gasteiger partial charge in [-0.3, -0.25) is 9.00 Å². The smallest absolute Gasteiger partial charge is 0.308 e. The largest absolute Gasteiger partial charge is 0.460 e. The Balaban J connectivity index is 1.85. The van der Waals surface area contributed by atoms with Gasteiger partial charge in [0.05, 0.1) is 45.4 Å². The summed E-state index contributed by atoms with van der Waals surface area (Å²) in [6.45, 7) is 5.23. The molecule has 0 amide bonds. The fourth-order valence-corrected chi connectivity index (χ4v) is 4.61. The summed E-state index contributed by atoms with van der Waals surface area (Å²) in [5.74, 6) is -0.565. The predicted octanol–water partition coefficient (Wildman–Crippen LogP) is 2.25. The van der Waals surface area contributed by atoms with Crippen molar-refractivity contribution in [3.63, 3.8) is 0 Å². The second-order valence-corrected chi connectivity index (χ2v) is 9.49. The van der Waals surface area contributed by atoms with Gasteiger partial charge in [0.15, 0.2) is 4.34 Å². The van der Waals surface area contributed by atoms with Crippen LogP contribution in [0.2, 0.25) is 0 Å². The lowest BCUT2D eigenvalue weighted by atomic mass is 10.1. The summed E-state index contributed by atoms with van der Waals surface area (Å²) < 4.78 is 18.8. The maximum absolute atomic E-state index is 12.3. The van der Waals surface area contributed by atoms with Gasteiger partial charge in [-0.25, -0.2) is 4.98 Å². The van der Waals surface area contributed by atoms with Crippen molar-refractivity contribution < 1.29 is 24.0 Å². The minimum Gasteiger partial charge on any atom is -0.460 e. The monoisotopic (exact) mass is 385 g/mol. The Hall–Kier alpha value is -1.35. The minimum absolute atomic E-state index is 0.0365. The van der Waals surface area contributed by atoms with Crippen LogP contribution in [0.5, 0.6) is 0 Å². The summed E-state index contributed by atoms with van der Waals surface area (Å²) in [7, 11) is -1.46. The number of rotatable bonds is 7. The third-order valence-corrected chi connectivity index (χ3v) is 5.99. The molecule has 2 rings (SSSR count). The lowest BCUT2D eigenvalue weighted by Gasteiger charge is -2.21. The van der Waals surface area contributed by atoms with Crippen molar-refractivity contribution >= 4 is 38.3 Å². The molecule has 2 N–H and O–H groups in total. The van der Waals surface area contributed by atoms with Gasteiger partial charge >= 0.3 is 5.97 Å². The molecule has 1 unspecified atom stereocenters. The maximum atomic E-state index is 12.3. The van der Waals surface area contributed by atoms with Gasteiger partial charge in [-0.2, -0.15) is 0 Å². The summed E-state index contributed by atoms with van der Waals surface area (Å²) in [5.41, 5.74) is 0.152. The Morgan fingerprint density at radius 2 is 1.96 bits per heavy atom. The number of esters is 1. The molecule has 3 atom stereocenters. The minimum atomic E-state index is -1.46. The molecule has 2 aromatic rings. The number of carbonyl (C=O) groups is 1. The number of aliphatic hydroxyl groups excluding tert-OH is 2. The Bertz CT molecular complexity index is 720. The van der Waals surface area contributed by atoms with Gasteiger partial charge in [-0.1, -0.05) is 12.1 Å². The fourth-order valence-electron chi connectivity index (χ4n) is 2.24. The average Bonchev–Trinajstić information content (AvgIpc) is 2.88. The molecular formula is C17H23NO5S2. The van der Waals surface area contributed by atoms with Gasteiger partial charge in [0.25, 0.3) is 0 Å². The third kappa shape index (κ3) is 6.47. The summed E-state index contributed by atoms with van der Waals surface area (Å²) >= 11 is 1.32. The van der Waals surface area contributed by atoms with Crippen LogP contribution in [0.1, 0.15) is 33.6 Å². The molecule has 0 bridgehead atoms. The molecule has 8 heteroatoms. The molecule has 0 aliphatic carbocycles. The molecular weight excluding hydrogens is 362 g/mol. The zero-order valence-corrected chi connectivity index (χ0v) is 16.1. The number of hydrogen-bond donors (Lipinski definition) is 2. The number of fused-ring (bicyclic) bond motifs is 1. The van der Waals surface area contributed by atoms with Crippen LogP contribution in [0.25, 0.3) is 10.2 Å². The number of thiazole rings is 1. The molecule has 0 saturated carbocycles. The van der Waals surface area contributed by atoms with Crippen LogP contribution in [-0.4, -0.2) is 48.9 Å². The van der Waals surface area contributed by atoms with Crippen molar-refractivity contribution in [2.24, 2.45) is 0 Å². The standard InChI is InChI=1S/C17H23NO5S2/c1-17(2,3)23-15(21)9-11(19)8-12(20)10-25(22)16-18-13-6-4-5-7-14(13)24-16/h4-7,11-12,19-20H,8-10H2,1-3H3/t11-,12+,25?/m1/s1. The van der Waals surface area contributed by atoms with E-state index in [2.05, 4.69) is 4.98 Å². The van der Waals surface area contributed by atoms with E-state index in [9.17, 15) is 19.2 Å². The average molecular weight is 386 g/mol. The first kappa shape index (κ1) is 20.0. The second kappa shape index (κ2) is 8.35. The van der Waals surface area contributed by atoms with E-state index in [0.29, 0.717) is 4.34 Å². The highest BCUT2D eigenvalue weighted by Crippen LogP contribution is 2.24. The summed E-state index contributed by atoms with van der Waals surface area (Å²) in [4.78, 5) is 16.0. The second-order valence-electron chi connectivity index (χ2n) is 6.79. The fraction of sp³-hybridized carbons (Fsp3) is 0.529. The van der Waals surface area contributed by atoms with Crippen LogP contribution in [0.15, 0.2) is 28.6 Å². The first-order chi connectivity index (χ1) is 11.6. The van der Waals surface area contributed by atoms with Crippen molar-refractivity contribution in [1.29, 1.82) is 0 Å². The van der Waals surface area contributed by atoms with Crippen molar-refractivity contribution in [3.05, 3.63) is 24.3 Å². The Morgan fingerprint density at radius 1 is 1.28 bits per heavy atom. The van der Waals surface area contributed by atoms with E-state index in [0.717, 1.165) is 10.2 Å². The van der Waals surface area contributed by atoms with Gasteiger partial charge < -0.3 is 14.9 Å². The number of hydrogen-bond acceptors (Lipinski definition) is 7. The summed E-state index contributed by atoms with van der Waals surface area (Å²) in [6, 6.07) is 7.48. The van der Waals surface area contributed by atoms with Gasteiger partial charge in [-0.15, -0.1) is 11.3 Å². The van der Waals surface area contributed by atoms with Gasteiger partial charge in [0, 0.05) is 6.42 Å². The number of benzene rings is 1. The number of ether oxygens (including phenoxy) is 1. The SMILES string of the molecule is CC(C)(C)OC(=O)C[C@H](O)C[C@H](O)CS(=O)c1nc2ccccc2s1. The van der Waals surface area contributed by atoms with Crippen molar-refractivity contribution in [1.82, 2.24) is 4.98 Å². The van der Waals surface area contributed by atoms with Crippen LogP contribution < -0.4 is 0 Å². The normalized spacial score (nSPS) is 15.7. The number of para-hydroxylation sites is 1. The lowest BCUT2D eigenvalue weighted by molar-refractivity contribution is -0.157. The molecule has 0 aliphatic heterocycles. The molecule has 0 radical (unpaired) electrons. The highest BCUT2D eigenvalue weighted by Gasteiger charge is 2.23. The van der Waals surface area contributed by atoms with Crippen LogP contribution in [-0.2, 0) is 20.3 Å². The van der Waals surface area contributed by atoms with Crippen LogP contribution in [0.3, 0.4) is 0 Å². The lowest BCUT2D eigenvalue weighted by Crippen LogP contribution is -2.29. The van der Waals surface area contributed by atoms with Crippen molar-refractivity contribution in [3.8, 4) is 0 Å². The Morgan fingerprint density at radius 3 is 2.60 bits per heavy atom. The van der Waals surface area contributed by atoms with Crippen molar-refractivity contribution in [2.45, 2.75) is 55.8 Å². The summed E-state index contributed by atoms with van der Waals surface area (Å²) in [6.07, 6.45) is -2.29. The van der Waals surface area contributed by atoms with E-state index in [1.807, 2.05) is 24.3 Å². The zero-order chi connectivity index (χ0) is 18.6. The maximum Gasteiger partial charge on any atom is 0.308 e. The van der Waals surface area contributed by atoms with Gasteiger partial charge in [0.1, 0.15) is 5.60 Å². The molecule has 138 valence electrons. The number of aliphatic hydroxyl groups is 2. The highest BCUT2D eigenvalue weighted by atomic mass is 32.2. The van der Waals surface area contributed by atoms with Gasteiger partial charge in [-0.05, 0) is 32.9 Å². The predicted molar refractivity (Wildman–Crippen MR) is 98.0 cm³/mol. The molecule has 0 spiro atoms. The number of nitrogens with zero attached hydrogens (tertiary/aromatic N) is 1. The van der Waals surface area contributed by atoms with Crippen LogP contribution in [0, 0.1) is 0 Å². The Labute approximate surface area is 153 Å². The van der Waals surface area contributed by atoms with E-state index in [1.165, 1.54) is 11.3 Å². The molecule has 0 aliphatic rings. The topological polar surface area (TPSA) is 96.7 Å². The van der Waals surface area contributed by atoms with Crippen molar-refractivity contribution in [2.75, 3.05) is 5.75 Å². The highest BCUT2D eigenvalue weighted by molar-refractivity contribution is 7.87. The number of aromatic nitrogens is 1. The third-order valence-electron chi connectivity index (χ3n) is 3.18. The molecule has 6 nitrogen and oxygen atoms in total. The van der Waals surface area contributed by atoms with E-state index < -0.39 is 34.6 Å².